The molecule has 0 atom stereocenters. The fourth-order valence-electron chi connectivity index (χ4n) is 2.30. The molecule has 47 heavy (non-hydrogen) atoms. The topological polar surface area (TPSA) is 258 Å². The summed E-state index contributed by atoms with van der Waals surface area (Å²) in [5.41, 5.74) is 10.6. The van der Waals surface area contributed by atoms with E-state index in [1.807, 2.05) is 6.92 Å². The van der Waals surface area contributed by atoms with E-state index in [1.54, 1.807) is 46.9 Å². The lowest BCUT2D eigenvalue weighted by Crippen LogP contribution is -2.11. The van der Waals surface area contributed by atoms with Gasteiger partial charge in [-0.2, -0.15) is 10.2 Å². The van der Waals surface area contributed by atoms with Gasteiger partial charge in [0.05, 0.1) is 49.2 Å². The lowest BCUT2D eigenvalue weighted by Gasteiger charge is -1.99. The highest BCUT2D eigenvalue weighted by Gasteiger charge is 2.16. The first kappa shape index (κ1) is 45.3. The number of hydrogen-bond acceptors (Lipinski definition) is 13. The Hall–Kier alpha value is -6.16. The Morgan fingerprint density at radius 1 is 1.15 bits per heavy atom. The first-order valence-electron chi connectivity index (χ1n) is 13.7. The van der Waals surface area contributed by atoms with Gasteiger partial charge in [-0.15, -0.1) is 13.2 Å². The maximum Gasteiger partial charge on any atom is 0.339 e. The number of nitrogens with two attached hydrogens (primary N) is 2. The number of aryl methyl sites for hydroxylation is 2. The van der Waals surface area contributed by atoms with Gasteiger partial charge in [0.1, 0.15) is 29.1 Å². The molecule has 16 heteroatoms. The number of Topliss-reactive ketones (excluding diaryl/α,β-unsaturated/α-hetero) is 2. The van der Waals surface area contributed by atoms with Crippen LogP contribution in [0.4, 0.5) is 5.69 Å². The molecule has 6 N–H and O–H groups in total. The summed E-state index contributed by atoms with van der Waals surface area (Å²) >= 11 is 0. The number of esters is 1. The van der Waals surface area contributed by atoms with Crippen molar-refractivity contribution in [2.24, 2.45) is 5.73 Å². The van der Waals surface area contributed by atoms with Crippen LogP contribution in [0.5, 0.6) is 0 Å². The summed E-state index contributed by atoms with van der Waals surface area (Å²) in [5.74, 6) is 0.828. The van der Waals surface area contributed by atoms with E-state index in [2.05, 4.69) is 42.7 Å². The molecule has 0 fully saturated rings. The lowest BCUT2D eigenvalue weighted by atomic mass is 10.2. The zero-order chi connectivity index (χ0) is 37.1. The number of ether oxygens (including phenoxy) is 2. The first-order valence-corrected chi connectivity index (χ1v) is 13.7. The number of aromatic nitrogens is 4. The molecular weight excluding hydrogens is 610 g/mol. The minimum absolute atomic E-state index is 0.0469. The number of fused-ring (bicyclic) bond motifs is 1. The Bertz CT molecular complexity index is 1620. The van der Waals surface area contributed by atoms with Gasteiger partial charge in [-0.25, -0.2) is 14.8 Å². The van der Waals surface area contributed by atoms with E-state index in [0.717, 1.165) is 6.26 Å². The Morgan fingerprint density at radius 2 is 1.70 bits per heavy atom. The third-order valence-corrected chi connectivity index (χ3v) is 4.44. The number of nitrogens with zero attached hydrogens (tertiary/aromatic N) is 5. The number of carbonyl (C=O) groups is 3. The monoisotopic (exact) mass is 653 g/mol. The number of H-pyrrole nitrogens is 1. The van der Waals surface area contributed by atoms with Crippen LogP contribution in [0.15, 0.2) is 46.7 Å². The molecule has 254 valence electrons. The minimum Gasteiger partial charge on any atom is -0.512 e. The SMILES string of the molecule is C=C.CC(=N)N.CC(=O)c1oc2nc(C)ncc2c1N.CCC(C)=O.Cc1ncc(C#N)c(=O)[nH]1.[C-]#[N+]/C(=C\OCC)C(=O)OCC. The van der Waals surface area contributed by atoms with Crippen LogP contribution in [-0.2, 0) is 19.1 Å². The number of hydrogen-bond donors (Lipinski definition) is 4. The van der Waals surface area contributed by atoms with Gasteiger partial charge in [-0.05, 0) is 41.5 Å². The molecule has 0 saturated heterocycles. The van der Waals surface area contributed by atoms with Gasteiger partial charge in [0.25, 0.3) is 5.56 Å². The average molecular weight is 654 g/mol. The van der Waals surface area contributed by atoms with Gasteiger partial charge >= 0.3 is 11.7 Å². The zero-order valence-corrected chi connectivity index (χ0v) is 28.0. The Labute approximate surface area is 273 Å². The quantitative estimate of drug-likeness (QED) is 0.0422. The van der Waals surface area contributed by atoms with Crippen LogP contribution in [0.3, 0.4) is 0 Å². The average Bonchev–Trinajstić information content (AvgIpc) is 3.35. The number of aromatic amines is 1. The largest absolute Gasteiger partial charge is 0.512 e. The summed E-state index contributed by atoms with van der Waals surface area (Å²) in [4.78, 5) is 59.7. The van der Waals surface area contributed by atoms with E-state index in [9.17, 15) is 19.2 Å². The third-order valence-electron chi connectivity index (χ3n) is 4.44. The van der Waals surface area contributed by atoms with Crippen LogP contribution < -0.4 is 17.0 Å². The predicted octanol–water partition coefficient (Wildman–Crippen LogP) is 4.34. The number of nitrogen functional groups attached to an aromatic ring is 1. The van der Waals surface area contributed by atoms with E-state index < -0.39 is 5.97 Å². The van der Waals surface area contributed by atoms with Gasteiger partial charge in [0.2, 0.25) is 5.71 Å². The predicted molar refractivity (Wildman–Crippen MR) is 178 cm³/mol. The van der Waals surface area contributed by atoms with Crippen LogP contribution >= 0.6 is 0 Å². The summed E-state index contributed by atoms with van der Waals surface area (Å²) in [5, 5.41) is 15.2. The zero-order valence-electron chi connectivity index (χ0n) is 28.0. The van der Waals surface area contributed by atoms with Crippen LogP contribution in [-0.4, -0.2) is 56.5 Å². The van der Waals surface area contributed by atoms with Crippen molar-refractivity contribution in [3.63, 3.8) is 0 Å². The standard InChI is InChI=1S/C9H9N3O2.C8H11NO3.C6H5N3O.C4H8O.C2H6N2.C2H4/c1-4(13)8-7(10)6-3-11-5(2)12-9(6)14-8;1-4-11-6-7(9-3)8(10)12-5-2;1-4-8-3-5(2-7)6(10)9-4;1-3-4(2)5;1-2(3)4;1-2/h3H,10H2,1-2H3;6H,4-5H2,1-2H3;3H,1H3,(H,8,9,10);3H2,1-2H3;1H3,(H3,3,4);1-2H2/b;7-6-;;;;. The number of amidine groups is 1. The van der Waals surface area contributed by atoms with Gasteiger partial charge in [-0.1, -0.05) is 6.92 Å². The molecule has 3 rings (SSSR count). The van der Waals surface area contributed by atoms with Gasteiger partial charge in [0.15, 0.2) is 11.5 Å². The summed E-state index contributed by atoms with van der Waals surface area (Å²) in [6.45, 7) is 26.5. The number of carbonyl (C=O) groups excluding carboxylic acids is 3. The van der Waals surface area contributed by atoms with Crippen LogP contribution in [0.2, 0.25) is 0 Å². The van der Waals surface area contributed by atoms with E-state index >= 15 is 0 Å². The van der Waals surface area contributed by atoms with E-state index in [0.29, 0.717) is 41.5 Å². The van der Waals surface area contributed by atoms with E-state index in [1.165, 1.54) is 20.0 Å². The second kappa shape index (κ2) is 26.3. The lowest BCUT2D eigenvalue weighted by molar-refractivity contribution is -0.138. The number of furan rings is 1. The molecule has 3 aromatic heterocycles. The third kappa shape index (κ3) is 20.4. The molecular formula is C31H43N9O7. The molecule has 0 radical (unpaired) electrons. The minimum atomic E-state index is -0.638. The van der Waals surface area contributed by atoms with Crippen molar-refractivity contribution in [3.05, 3.63) is 82.3 Å². The molecule has 0 amide bonds. The second-order valence-corrected chi connectivity index (χ2v) is 8.39. The highest BCUT2D eigenvalue weighted by atomic mass is 16.5. The molecule has 3 heterocycles. The van der Waals surface area contributed by atoms with Gasteiger partial charge in [0, 0.05) is 19.5 Å². The molecule has 3 aromatic rings. The second-order valence-electron chi connectivity index (χ2n) is 8.39. The highest BCUT2D eigenvalue weighted by molar-refractivity contribution is 6.04. The van der Waals surface area contributed by atoms with Crippen LogP contribution in [0, 0.1) is 37.2 Å². The van der Waals surface area contributed by atoms with Crippen LogP contribution in [0.25, 0.3) is 15.9 Å². The molecule has 0 spiro atoms. The molecule has 0 unspecified atom stereocenters. The van der Waals surface area contributed by atoms with Crippen molar-refractivity contribution in [3.8, 4) is 6.07 Å². The Kier molecular flexibility index (Phi) is 25.3. The molecule has 0 aliphatic carbocycles. The van der Waals surface area contributed by atoms with E-state index in [-0.39, 0.29) is 46.6 Å². The first-order chi connectivity index (χ1) is 22.1. The molecule has 0 aromatic carbocycles. The molecule has 0 bridgehead atoms. The van der Waals surface area contributed by atoms with Crippen molar-refractivity contribution in [2.75, 3.05) is 18.9 Å². The summed E-state index contributed by atoms with van der Waals surface area (Å²) in [6.07, 6.45) is 4.60. The summed E-state index contributed by atoms with van der Waals surface area (Å²) < 4.78 is 14.6. The molecule has 0 saturated carbocycles. The summed E-state index contributed by atoms with van der Waals surface area (Å²) in [7, 11) is 0. The number of nitriles is 1. The van der Waals surface area contributed by atoms with Gasteiger partial charge in [-0.3, -0.25) is 19.8 Å². The van der Waals surface area contributed by atoms with Gasteiger partial charge < -0.3 is 35.1 Å². The normalized spacial score (nSPS) is 9.11. The Morgan fingerprint density at radius 3 is 2.11 bits per heavy atom. The number of nitrogens with one attached hydrogen (secondary N) is 2. The number of ketones is 2. The smallest absolute Gasteiger partial charge is 0.339 e. The molecule has 0 aliphatic heterocycles. The fourth-order valence-corrected chi connectivity index (χ4v) is 2.30. The fraction of sp³-hybridized carbons (Fsp3) is 0.355. The molecule has 0 aliphatic rings. The van der Waals surface area contributed by atoms with Crippen LogP contribution in [0.1, 0.15) is 75.7 Å². The van der Waals surface area contributed by atoms with Crippen molar-refractivity contribution < 1.29 is 28.3 Å². The van der Waals surface area contributed by atoms with Crippen molar-refractivity contribution >= 4 is 40.2 Å². The van der Waals surface area contributed by atoms with Crippen molar-refractivity contribution in [2.45, 2.75) is 61.8 Å². The Balaban J connectivity index is -0.000000540. The van der Waals surface area contributed by atoms with Crippen molar-refractivity contribution in [1.82, 2.24) is 19.9 Å². The van der Waals surface area contributed by atoms with Crippen molar-refractivity contribution in [1.29, 1.82) is 10.7 Å². The summed E-state index contributed by atoms with van der Waals surface area (Å²) in [6, 6.07) is 1.72. The maximum absolute atomic E-state index is 11.1. The van der Waals surface area contributed by atoms with E-state index in [4.69, 9.17) is 37.9 Å². The highest BCUT2D eigenvalue weighted by Crippen LogP contribution is 2.26. The number of anilines is 1. The maximum atomic E-state index is 11.1. The molecule has 16 nitrogen and oxygen atoms in total. The number of rotatable bonds is 6.